The molecule has 1 aromatic carbocycles. The average Bonchev–Trinajstić information content (AvgIpc) is 2.49. The number of rotatable bonds is 6. The van der Waals surface area contributed by atoms with Crippen molar-refractivity contribution in [1.82, 2.24) is 0 Å². The first kappa shape index (κ1) is 17.8. The predicted molar refractivity (Wildman–Crippen MR) is 89.2 cm³/mol. The largest absolute Gasteiger partial charge is 0.481 e. The number of anilines is 2. The van der Waals surface area contributed by atoms with Gasteiger partial charge in [0.25, 0.3) is 5.91 Å². The van der Waals surface area contributed by atoms with Crippen LogP contribution in [0.5, 0.6) is 5.75 Å². The lowest BCUT2D eigenvalue weighted by Crippen LogP contribution is -2.46. The molecule has 0 spiro atoms. The van der Waals surface area contributed by atoms with Gasteiger partial charge in [-0.3, -0.25) is 14.4 Å². The molecule has 130 valence electrons. The lowest BCUT2D eigenvalue weighted by Gasteiger charge is -2.34. The number of carbonyl (C=O) groups excluding carboxylic acids is 2. The molecular formula is C17H22N2O5. The van der Waals surface area contributed by atoms with Gasteiger partial charge in [0.1, 0.15) is 5.75 Å². The van der Waals surface area contributed by atoms with Gasteiger partial charge in [-0.1, -0.05) is 13.8 Å². The summed E-state index contributed by atoms with van der Waals surface area (Å²) < 4.78 is 5.64. The Kier molecular flexibility index (Phi) is 5.43. The van der Waals surface area contributed by atoms with Crippen molar-refractivity contribution >= 4 is 29.2 Å². The van der Waals surface area contributed by atoms with Crippen LogP contribution in [0.1, 0.15) is 33.6 Å². The number of fused-ring (bicyclic) bond motifs is 1. The monoisotopic (exact) mass is 334 g/mol. The van der Waals surface area contributed by atoms with Crippen LogP contribution in [-0.4, -0.2) is 35.5 Å². The van der Waals surface area contributed by atoms with Crippen molar-refractivity contribution < 1.29 is 24.2 Å². The smallest absolute Gasteiger partial charge is 0.303 e. The normalized spacial score (nSPS) is 16.6. The molecule has 0 fully saturated rings. The van der Waals surface area contributed by atoms with E-state index in [2.05, 4.69) is 5.32 Å². The van der Waals surface area contributed by atoms with Gasteiger partial charge in [-0.05, 0) is 25.0 Å². The van der Waals surface area contributed by atoms with Gasteiger partial charge in [0.2, 0.25) is 5.91 Å². The van der Waals surface area contributed by atoms with Crippen LogP contribution in [0.25, 0.3) is 0 Å². The number of amides is 2. The molecule has 2 N–H and O–H groups in total. The van der Waals surface area contributed by atoms with Gasteiger partial charge in [0.15, 0.2) is 6.10 Å². The zero-order valence-electron chi connectivity index (χ0n) is 14.0. The number of ether oxygens (including phenoxy) is 1. The summed E-state index contributed by atoms with van der Waals surface area (Å²) in [5.41, 5.74) is 1.19. The maximum absolute atomic E-state index is 12.3. The minimum absolute atomic E-state index is 0.0885. The molecule has 2 rings (SSSR count). The highest BCUT2D eigenvalue weighted by atomic mass is 16.5. The third-order valence-electron chi connectivity index (χ3n) is 3.57. The first-order valence-electron chi connectivity index (χ1n) is 7.91. The molecule has 1 aromatic rings. The number of nitrogens with zero attached hydrogens (tertiary/aromatic N) is 1. The summed E-state index contributed by atoms with van der Waals surface area (Å²) >= 11 is 0. The number of aliphatic carboxylic acids is 1. The number of benzene rings is 1. The van der Waals surface area contributed by atoms with Gasteiger partial charge in [-0.2, -0.15) is 0 Å². The van der Waals surface area contributed by atoms with E-state index < -0.39 is 12.1 Å². The van der Waals surface area contributed by atoms with Gasteiger partial charge < -0.3 is 20.1 Å². The second-order valence-corrected chi connectivity index (χ2v) is 6.23. The Morgan fingerprint density at radius 1 is 1.33 bits per heavy atom. The second-order valence-electron chi connectivity index (χ2n) is 6.23. The fourth-order valence-corrected chi connectivity index (χ4v) is 2.49. The summed E-state index contributed by atoms with van der Waals surface area (Å²) in [6, 6.07) is 5.07. The van der Waals surface area contributed by atoms with Crippen LogP contribution in [0, 0.1) is 5.92 Å². The summed E-state index contributed by atoms with van der Waals surface area (Å²) in [7, 11) is 0. The Labute approximate surface area is 140 Å². The molecular weight excluding hydrogens is 312 g/mol. The van der Waals surface area contributed by atoms with Crippen LogP contribution in [-0.2, 0) is 14.4 Å². The van der Waals surface area contributed by atoms with E-state index in [1.54, 1.807) is 30.0 Å². The van der Waals surface area contributed by atoms with Gasteiger partial charge in [0.05, 0.1) is 12.1 Å². The van der Waals surface area contributed by atoms with Crippen molar-refractivity contribution in [3.05, 3.63) is 18.2 Å². The number of carboxylic acids is 1. The van der Waals surface area contributed by atoms with Crippen molar-refractivity contribution in [1.29, 1.82) is 0 Å². The Morgan fingerprint density at radius 3 is 2.67 bits per heavy atom. The van der Waals surface area contributed by atoms with Crippen LogP contribution in [0.2, 0.25) is 0 Å². The van der Waals surface area contributed by atoms with E-state index >= 15 is 0 Å². The number of carbonyl (C=O) groups is 3. The highest BCUT2D eigenvalue weighted by Crippen LogP contribution is 2.36. The topological polar surface area (TPSA) is 95.9 Å². The average molecular weight is 334 g/mol. The third kappa shape index (κ3) is 4.24. The predicted octanol–water partition coefficient (Wildman–Crippen LogP) is 2.26. The minimum Gasteiger partial charge on any atom is -0.481 e. The number of nitrogens with one attached hydrogen (secondary N) is 1. The first-order chi connectivity index (χ1) is 11.3. The molecule has 1 unspecified atom stereocenters. The summed E-state index contributed by atoms with van der Waals surface area (Å²) in [5.74, 6) is -0.650. The molecule has 0 saturated heterocycles. The lowest BCUT2D eigenvalue weighted by atomic mass is 10.1. The zero-order valence-corrected chi connectivity index (χ0v) is 14.0. The van der Waals surface area contributed by atoms with Gasteiger partial charge >= 0.3 is 5.97 Å². The van der Waals surface area contributed by atoms with Gasteiger partial charge in [0, 0.05) is 24.7 Å². The molecule has 1 atom stereocenters. The van der Waals surface area contributed by atoms with Crippen LogP contribution in [0.3, 0.4) is 0 Å². The van der Waals surface area contributed by atoms with Crippen molar-refractivity contribution in [3.63, 3.8) is 0 Å². The quantitative estimate of drug-likeness (QED) is 0.832. The van der Waals surface area contributed by atoms with Crippen molar-refractivity contribution in [3.8, 4) is 5.75 Å². The third-order valence-corrected chi connectivity index (χ3v) is 3.57. The van der Waals surface area contributed by atoms with Crippen LogP contribution in [0.4, 0.5) is 11.4 Å². The standard InChI is InChI=1S/C17H22N2O5/c1-10(2)9-19-13-5-4-12(18-15(20)6-7-16(21)22)8-14(13)24-11(3)17(19)23/h4-5,8,10-11H,6-7,9H2,1-3H3,(H,18,20)(H,21,22). The molecule has 7 nitrogen and oxygen atoms in total. The fourth-order valence-electron chi connectivity index (χ4n) is 2.49. The van der Waals surface area contributed by atoms with Crippen LogP contribution >= 0.6 is 0 Å². The van der Waals surface area contributed by atoms with Crippen LogP contribution in [0.15, 0.2) is 18.2 Å². The van der Waals surface area contributed by atoms with Crippen molar-refractivity contribution in [2.45, 2.75) is 39.7 Å². The van der Waals surface area contributed by atoms with E-state index in [1.165, 1.54) is 0 Å². The zero-order chi connectivity index (χ0) is 17.9. The highest BCUT2D eigenvalue weighted by molar-refractivity contribution is 6.00. The van der Waals surface area contributed by atoms with E-state index in [1.807, 2.05) is 13.8 Å². The van der Waals surface area contributed by atoms with E-state index in [-0.39, 0.29) is 24.7 Å². The Hall–Kier alpha value is -2.57. The summed E-state index contributed by atoms with van der Waals surface area (Å²) in [6.07, 6.45) is -0.906. The molecule has 0 saturated carbocycles. The summed E-state index contributed by atoms with van der Waals surface area (Å²) in [5, 5.41) is 11.2. The second kappa shape index (κ2) is 7.33. The molecule has 1 aliphatic heterocycles. The molecule has 0 aliphatic carbocycles. The van der Waals surface area contributed by atoms with Gasteiger partial charge in [-0.15, -0.1) is 0 Å². The van der Waals surface area contributed by atoms with Gasteiger partial charge in [-0.25, -0.2) is 0 Å². The van der Waals surface area contributed by atoms with E-state index in [9.17, 15) is 14.4 Å². The maximum Gasteiger partial charge on any atom is 0.303 e. The molecule has 0 bridgehead atoms. The molecule has 1 aliphatic rings. The van der Waals surface area contributed by atoms with Crippen molar-refractivity contribution in [2.75, 3.05) is 16.8 Å². The van der Waals surface area contributed by atoms with Crippen molar-refractivity contribution in [2.24, 2.45) is 5.92 Å². The Bertz CT molecular complexity index is 656. The van der Waals surface area contributed by atoms with E-state index in [0.717, 1.165) is 0 Å². The van der Waals surface area contributed by atoms with Crippen LogP contribution < -0.4 is 15.0 Å². The fraction of sp³-hybridized carbons (Fsp3) is 0.471. The summed E-state index contributed by atoms with van der Waals surface area (Å²) in [6.45, 7) is 6.34. The summed E-state index contributed by atoms with van der Waals surface area (Å²) in [4.78, 5) is 36.2. The molecule has 1 heterocycles. The molecule has 0 radical (unpaired) electrons. The lowest BCUT2D eigenvalue weighted by molar-refractivity contribution is -0.138. The number of carboxylic acid groups (broad SMARTS) is 1. The highest BCUT2D eigenvalue weighted by Gasteiger charge is 2.31. The number of hydrogen-bond acceptors (Lipinski definition) is 4. The Balaban J connectivity index is 2.17. The molecule has 24 heavy (non-hydrogen) atoms. The molecule has 7 heteroatoms. The SMILES string of the molecule is CC(C)CN1C(=O)C(C)Oc2cc(NC(=O)CCC(=O)O)ccc21. The number of hydrogen-bond donors (Lipinski definition) is 2. The first-order valence-corrected chi connectivity index (χ1v) is 7.91. The molecule has 2 amide bonds. The van der Waals surface area contributed by atoms with E-state index in [0.29, 0.717) is 29.6 Å². The van der Waals surface area contributed by atoms with E-state index in [4.69, 9.17) is 9.84 Å². The maximum atomic E-state index is 12.3. The molecule has 0 aromatic heterocycles. The minimum atomic E-state index is -1.02. The Morgan fingerprint density at radius 2 is 2.04 bits per heavy atom.